The van der Waals surface area contributed by atoms with Gasteiger partial charge in [0, 0.05) is 10.5 Å². The predicted molar refractivity (Wildman–Crippen MR) is 93.0 cm³/mol. The third-order valence-electron chi connectivity index (χ3n) is 4.05. The van der Waals surface area contributed by atoms with E-state index in [0.717, 1.165) is 12.8 Å². The highest BCUT2D eigenvalue weighted by atomic mass is 32.2. The molecule has 0 saturated heterocycles. The Bertz CT molecular complexity index is 211. The van der Waals surface area contributed by atoms with Gasteiger partial charge >= 0.3 is 0 Å². The van der Waals surface area contributed by atoms with Crippen molar-refractivity contribution in [3.63, 3.8) is 0 Å². The first-order chi connectivity index (χ1) is 10.1. The summed E-state index contributed by atoms with van der Waals surface area (Å²) in [6.45, 7) is 6.07. The van der Waals surface area contributed by atoms with Crippen LogP contribution < -0.4 is 0 Å². The zero-order valence-corrected chi connectivity index (χ0v) is 15.3. The maximum absolute atomic E-state index is 12.0. The Morgan fingerprint density at radius 3 is 1.76 bits per heavy atom. The molecule has 0 aliphatic rings. The van der Waals surface area contributed by atoms with Crippen molar-refractivity contribution in [2.45, 2.75) is 108 Å². The van der Waals surface area contributed by atoms with E-state index in [-0.39, 0.29) is 17.1 Å². The number of thioether (sulfide) groups is 1. The van der Waals surface area contributed by atoms with E-state index in [9.17, 15) is 10.2 Å². The molecule has 0 spiro atoms. The van der Waals surface area contributed by atoms with Gasteiger partial charge in [-0.05, 0) is 6.42 Å². The van der Waals surface area contributed by atoms with Gasteiger partial charge < -0.3 is 0 Å². The van der Waals surface area contributed by atoms with E-state index in [1.807, 2.05) is 13.8 Å². The van der Waals surface area contributed by atoms with Crippen LogP contribution in [0.4, 0.5) is 0 Å². The van der Waals surface area contributed by atoms with Crippen LogP contribution >= 0.6 is 11.8 Å². The normalized spacial score (nSPS) is 15.9. The Morgan fingerprint density at radius 2 is 1.29 bits per heavy atom. The molecule has 0 aliphatic heterocycles. The fourth-order valence-corrected chi connectivity index (χ4v) is 3.68. The molecule has 0 aliphatic carbocycles. The highest BCUT2D eigenvalue weighted by molar-refractivity contribution is 8.00. The summed E-state index contributed by atoms with van der Waals surface area (Å²) in [5.41, 5.74) is 0. The maximum atomic E-state index is 12.0. The summed E-state index contributed by atoms with van der Waals surface area (Å²) in [6, 6.07) is 0. The molecule has 0 bridgehead atoms. The van der Waals surface area contributed by atoms with Crippen LogP contribution in [0.5, 0.6) is 0 Å². The van der Waals surface area contributed by atoms with Crippen molar-refractivity contribution < 1.29 is 10.2 Å². The fraction of sp³-hybridized carbons (Fsp3) is 1.00. The third-order valence-corrected chi connectivity index (χ3v) is 5.38. The Morgan fingerprint density at radius 1 is 0.810 bits per heavy atom. The van der Waals surface area contributed by atoms with Crippen molar-refractivity contribution in [2.75, 3.05) is 6.61 Å². The summed E-state index contributed by atoms with van der Waals surface area (Å²) < 4.78 is 0. The van der Waals surface area contributed by atoms with Crippen LogP contribution in [0.2, 0.25) is 0 Å². The molecule has 126 valence electrons. The first-order valence-corrected chi connectivity index (χ1v) is 9.95. The second-order valence-corrected chi connectivity index (χ2v) is 8.15. The van der Waals surface area contributed by atoms with Crippen molar-refractivity contribution in [2.24, 2.45) is 0 Å². The zero-order chi connectivity index (χ0) is 15.9. The summed E-state index contributed by atoms with van der Waals surface area (Å²) in [6.07, 6.45) is 13.4. The average molecular weight is 317 g/mol. The monoisotopic (exact) mass is 316 g/mol. The molecule has 0 aromatic carbocycles. The molecule has 0 fully saturated rings. The quantitative estimate of drug-likeness (QED) is 0.340. The first-order valence-electron chi connectivity index (χ1n) is 9.01. The second-order valence-electron chi connectivity index (χ2n) is 6.33. The van der Waals surface area contributed by atoms with Crippen molar-refractivity contribution in [3.8, 4) is 0 Å². The van der Waals surface area contributed by atoms with Gasteiger partial charge in [0.1, 0.15) is 6.10 Å². The smallest absolute Gasteiger partial charge is 0.105 e. The van der Waals surface area contributed by atoms with Crippen LogP contribution in [0.1, 0.15) is 91.4 Å². The lowest BCUT2D eigenvalue weighted by Gasteiger charge is -2.19. The zero-order valence-electron chi connectivity index (χ0n) is 14.4. The first kappa shape index (κ1) is 21.3. The highest BCUT2D eigenvalue weighted by Gasteiger charge is 2.18. The van der Waals surface area contributed by atoms with Crippen molar-refractivity contribution in [1.82, 2.24) is 0 Å². The number of hydrogen-bond donors (Lipinski definition) is 0. The molecule has 0 saturated carbocycles. The van der Waals surface area contributed by atoms with Crippen LogP contribution in [-0.4, -0.2) is 23.2 Å². The molecule has 0 heterocycles. The molecule has 3 heteroatoms. The van der Waals surface area contributed by atoms with Crippen molar-refractivity contribution >= 4 is 11.8 Å². The molecule has 0 N–H and O–H groups in total. The minimum Gasteiger partial charge on any atom is -0.236 e. The van der Waals surface area contributed by atoms with Gasteiger partial charge in [-0.1, -0.05) is 85.0 Å². The SMILES string of the molecule is CCCCCCCCCCCCC([O])C(C)SC(C)C[O]. The van der Waals surface area contributed by atoms with Gasteiger partial charge in [-0.3, -0.25) is 0 Å². The minimum absolute atomic E-state index is 0.0733. The average Bonchev–Trinajstić information content (AvgIpc) is 2.48. The van der Waals surface area contributed by atoms with Gasteiger partial charge in [0.15, 0.2) is 0 Å². The van der Waals surface area contributed by atoms with Crippen LogP contribution in [-0.2, 0) is 10.2 Å². The summed E-state index contributed by atoms with van der Waals surface area (Å²) in [4.78, 5) is 0. The standard InChI is InChI=1S/C18H36O2S/c1-4-5-6-7-8-9-10-11-12-13-14-18(20)17(3)21-16(2)15-19/h16-18H,4-15H2,1-3H3. The molecule has 3 atom stereocenters. The van der Waals surface area contributed by atoms with Gasteiger partial charge in [-0.15, -0.1) is 0 Å². The van der Waals surface area contributed by atoms with E-state index < -0.39 is 6.10 Å². The Kier molecular flexibility index (Phi) is 15.4. The lowest BCUT2D eigenvalue weighted by molar-refractivity contribution is 0.0798. The van der Waals surface area contributed by atoms with Gasteiger partial charge in [0.05, 0.1) is 6.61 Å². The van der Waals surface area contributed by atoms with Gasteiger partial charge in [0.25, 0.3) is 0 Å². The summed E-state index contributed by atoms with van der Waals surface area (Å²) in [5, 5.41) is 22.8. The topological polar surface area (TPSA) is 39.8 Å². The molecule has 0 aromatic heterocycles. The van der Waals surface area contributed by atoms with Crippen LogP contribution in [0.25, 0.3) is 0 Å². The van der Waals surface area contributed by atoms with E-state index in [2.05, 4.69) is 6.92 Å². The molecule has 0 rings (SSSR count). The molecule has 2 nitrogen and oxygen atoms in total. The molecule has 0 aromatic rings. The van der Waals surface area contributed by atoms with Gasteiger partial charge in [0.2, 0.25) is 0 Å². The van der Waals surface area contributed by atoms with E-state index in [4.69, 9.17) is 0 Å². The minimum atomic E-state index is -0.502. The fourth-order valence-electron chi connectivity index (χ4n) is 2.56. The predicted octanol–water partition coefficient (Wildman–Crippen LogP) is 6.04. The number of rotatable bonds is 15. The molecule has 3 unspecified atom stereocenters. The molecule has 2 radical (unpaired) electrons. The number of unbranched alkanes of at least 4 members (excludes halogenated alkanes) is 9. The van der Waals surface area contributed by atoms with E-state index in [1.165, 1.54) is 57.8 Å². The van der Waals surface area contributed by atoms with Crippen molar-refractivity contribution in [3.05, 3.63) is 0 Å². The second kappa shape index (κ2) is 15.2. The third kappa shape index (κ3) is 13.6. The lowest BCUT2D eigenvalue weighted by Crippen LogP contribution is -2.21. The summed E-state index contributed by atoms with van der Waals surface area (Å²) in [7, 11) is 0. The molecule has 0 amide bonds. The summed E-state index contributed by atoms with van der Waals surface area (Å²) in [5.74, 6) is 0. The van der Waals surface area contributed by atoms with Gasteiger partial charge in [-0.25, -0.2) is 10.2 Å². The molecular weight excluding hydrogens is 280 g/mol. The van der Waals surface area contributed by atoms with Crippen LogP contribution in [0, 0.1) is 0 Å². The van der Waals surface area contributed by atoms with E-state index in [0.29, 0.717) is 0 Å². The maximum Gasteiger partial charge on any atom is 0.105 e. The molecular formula is C18H36O2S. The van der Waals surface area contributed by atoms with Crippen molar-refractivity contribution in [1.29, 1.82) is 0 Å². The molecule has 21 heavy (non-hydrogen) atoms. The Hall–Kier alpha value is 0.270. The Balaban J connectivity index is 3.33. The van der Waals surface area contributed by atoms with E-state index >= 15 is 0 Å². The largest absolute Gasteiger partial charge is 0.236 e. The number of hydrogen-bond acceptors (Lipinski definition) is 1. The van der Waals surface area contributed by atoms with Crippen LogP contribution in [0.15, 0.2) is 0 Å². The van der Waals surface area contributed by atoms with Crippen LogP contribution in [0.3, 0.4) is 0 Å². The lowest BCUT2D eigenvalue weighted by atomic mass is 10.0. The highest BCUT2D eigenvalue weighted by Crippen LogP contribution is 2.23. The Labute approximate surface area is 137 Å². The van der Waals surface area contributed by atoms with Gasteiger partial charge in [-0.2, -0.15) is 11.8 Å². The summed E-state index contributed by atoms with van der Waals surface area (Å²) >= 11 is 1.56. The van der Waals surface area contributed by atoms with E-state index in [1.54, 1.807) is 11.8 Å².